The van der Waals surface area contributed by atoms with Gasteiger partial charge in [-0.2, -0.15) is 0 Å². The smallest absolute Gasteiger partial charge is 0.358 e. The van der Waals surface area contributed by atoms with E-state index in [2.05, 4.69) is 15.3 Å². The molecule has 1 aromatic heterocycles. The number of aromatic carboxylic acids is 1. The fourth-order valence-corrected chi connectivity index (χ4v) is 0.896. The number of carboxylic acids is 1. The Kier molecular flexibility index (Phi) is 3.50. The minimum atomic E-state index is -1.24. The van der Waals surface area contributed by atoms with Crippen LogP contribution in [0.2, 0.25) is 0 Å². The summed E-state index contributed by atoms with van der Waals surface area (Å²) in [5.41, 5.74) is -0.282. The summed E-state index contributed by atoms with van der Waals surface area (Å²) >= 11 is 0. The van der Waals surface area contributed by atoms with E-state index in [0.717, 1.165) is 0 Å². The van der Waals surface area contributed by atoms with Crippen LogP contribution in [0.3, 0.4) is 0 Å². The predicted octanol–water partition coefficient (Wildman–Crippen LogP) is 0.689. The Morgan fingerprint density at radius 3 is 2.67 bits per heavy atom. The Morgan fingerprint density at radius 2 is 2.07 bits per heavy atom. The van der Waals surface area contributed by atoms with Crippen molar-refractivity contribution >= 4 is 17.7 Å². The highest BCUT2D eigenvalue weighted by Gasteiger charge is 2.13. The highest BCUT2D eigenvalue weighted by Crippen LogP contribution is 2.07. The summed E-state index contributed by atoms with van der Waals surface area (Å²) in [5.74, 6) is -1.74. The maximum Gasteiger partial charge on any atom is 0.358 e. The van der Waals surface area contributed by atoms with Gasteiger partial charge in [0.2, 0.25) is 5.91 Å². The fraction of sp³-hybridized carbons (Fsp3) is 0.111. The molecular formula is C9H9N3O3. The molecule has 0 unspecified atom stereocenters. The van der Waals surface area contributed by atoms with Gasteiger partial charge >= 0.3 is 5.97 Å². The molecule has 2 N–H and O–H groups in total. The summed E-state index contributed by atoms with van der Waals surface area (Å²) in [6.45, 7) is 1.67. The zero-order valence-corrected chi connectivity index (χ0v) is 7.97. The average Bonchev–Trinajstić information content (AvgIpc) is 2.18. The molecule has 0 aromatic carbocycles. The third-order valence-electron chi connectivity index (χ3n) is 1.46. The molecule has 0 aliphatic rings. The molecule has 78 valence electrons. The maximum absolute atomic E-state index is 11.1. The number of carboxylic acid groups (broad SMARTS) is 1. The van der Waals surface area contributed by atoms with E-state index in [-0.39, 0.29) is 11.5 Å². The molecule has 0 fully saturated rings. The van der Waals surface area contributed by atoms with Crippen LogP contribution in [-0.2, 0) is 4.79 Å². The van der Waals surface area contributed by atoms with Crippen molar-refractivity contribution in [3.05, 3.63) is 30.2 Å². The molecule has 0 aliphatic heterocycles. The minimum Gasteiger partial charge on any atom is -0.476 e. The first-order chi connectivity index (χ1) is 7.15. The van der Waals surface area contributed by atoms with Crippen LogP contribution in [-0.4, -0.2) is 27.0 Å². The first-order valence-electron chi connectivity index (χ1n) is 4.13. The molecular weight excluding hydrogens is 198 g/mol. The number of amides is 1. The Bertz CT molecular complexity index is 415. The number of allylic oxidation sites excluding steroid dienone is 1. The van der Waals surface area contributed by atoms with E-state index >= 15 is 0 Å². The molecule has 0 radical (unpaired) electrons. The van der Waals surface area contributed by atoms with Gasteiger partial charge < -0.3 is 10.4 Å². The lowest BCUT2D eigenvalue weighted by atomic mass is 10.4. The van der Waals surface area contributed by atoms with E-state index in [9.17, 15) is 9.59 Å². The number of nitrogens with zero attached hydrogens (tertiary/aromatic N) is 2. The Hall–Kier alpha value is -2.24. The highest BCUT2D eigenvalue weighted by atomic mass is 16.4. The lowest BCUT2D eigenvalue weighted by molar-refractivity contribution is -0.111. The van der Waals surface area contributed by atoms with Crippen LogP contribution in [0, 0.1) is 0 Å². The minimum absolute atomic E-state index is 0.0619. The molecule has 0 atom stereocenters. The molecule has 1 rings (SSSR count). The highest BCUT2D eigenvalue weighted by molar-refractivity contribution is 6.02. The van der Waals surface area contributed by atoms with Crippen molar-refractivity contribution in [2.45, 2.75) is 6.92 Å². The molecule has 0 aliphatic carbocycles. The lowest BCUT2D eigenvalue weighted by Gasteiger charge is -2.02. The van der Waals surface area contributed by atoms with E-state index < -0.39 is 11.9 Å². The molecule has 0 spiro atoms. The summed E-state index contributed by atoms with van der Waals surface area (Å²) in [4.78, 5) is 29.1. The van der Waals surface area contributed by atoms with Crippen LogP contribution in [0.25, 0.3) is 0 Å². The summed E-state index contributed by atoms with van der Waals surface area (Å²) in [6.07, 6.45) is 5.35. The molecule has 15 heavy (non-hydrogen) atoms. The van der Waals surface area contributed by atoms with Gasteiger partial charge in [-0.3, -0.25) is 4.79 Å². The zero-order valence-electron chi connectivity index (χ0n) is 7.97. The fourth-order valence-electron chi connectivity index (χ4n) is 0.896. The molecule has 1 aromatic rings. The maximum atomic E-state index is 11.1. The number of nitrogens with one attached hydrogen (secondary N) is 1. The van der Waals surface area contributed by atoms with Crippen molar-refractivity contribution in [2.75, 3.05) is 5.32 Å². The summed E-state index contributed by atoms with van der Waals surface area (Å²) in [6, 6.07) is 0. The number of hydrogen-bond acceptors (Lipinski definition) is 4. The van der Waals surface area contributed by atoms with Crippen LogP contribution < -0.4 is 5.32 Å². The van der Waals surface area contributed by atoms with Crippen LogP contribution in [0.4, 0.5) is 5.82 Å². The van der Waals surface area contributed by atoms with E-state index in [0.29, 0.717) is 0 Å². The molecule has 1 amide bonds. The summed E-state index contributed by atoms with van der Waals surface area (Å²) < 4.78 is 0. The molecule has 0 bridgehead atoms. The molecule has 0 saturated heterocycles. The van der Waals surface area contributed by atoms with Gasteiger partial charge in [-0.1, -0.05) is 6.08 Å². The molecule has 1 heterocycles. The lowest BCUT2D eigenvalue weighted by Crippen LogP contribution is -2.14. The van der Waals surface area contributed by atoms with E-state index in [1.807, 2.05) is 0 Å². The first-order valence-corrected chi connectivity index (χ1v) is 4.13. The monoisotopic (exact) mass is 207 g/mol. The Morgan fingerprint density at radius 1 is 1.40 bits per heavy atom. The number of rotatable bonds is 3. The first kappa shape index (κ1) is 10.8. The number of carbonyl (C=O) groups excluding carboxylic acids is 1. The SMILES string of the molecule is CC=CC(=O)Nc1nccnc1C(=O)O. The predicted molar refractivity (Wildman–Crippen MR) is 52.4 cm³/mol. The number of anilines is 1. The Labute approximate surface area is 85.7 Å². The molecule has 6 heteroatoms. The average molecular weight is 207 g/mol. The third kappa shape index (κ3) is 2.87. The third-order valence-corrected chi connectivity index (χ3v) is 1.46. The molecule has 0 saturated carbocycles. The zero-order chi connectivity index (χ0) is 11.3. The van der Waals surface area contributed by atoms with Crippen LogP contribution in [0.1, 0.15) is 17.4 Å². The van der Waals surface area contributed by atoms with Crippen molar-refractivity contribution in [3.63, 3.8) is 0 Å². The van der Waals surface area contributed by atoms with Crippen molar-refractivity contribution in [1.29, 1.82) is 0 Å². The van der Waals surface area contributed by atoms with Crippen LogP contribution in [0.5, 0.6) is 0 Å². The van der Waals surface area contributed by atoms with Crippen molar-refractivity contribution in [3.8, 4) is 0 Å². The van der Waals surface area contributed by atoms with Crippen LogP contribution in [0.15, 0.2) is 24.5 Å². The second-order valence-electron chi connectivity index (χ2n) is 2.55. The Balaban J connectivity index is 2.94. The summed E-state index contributed by atoms with van der Waals surface area (Å²) in [5, 5.41) is 11.0. The standard InChI is InChI=1S/C9H9N3O3/c1-2-3-6(13)12-8-7(9(14)15)10-4-5-11-8/h2-5H,1H3,(H,14,15)(H,11,12,13). The van der Waals surface area contributed by atoms with Gasteiger partial charge in [0.05, 0.1) is 0 Å². The van der Waals surface area contributed by atoms with E-state index in [4.69, 9.17) is 5.11 Å². The van der Waals surface area contributed by atoms with Crippen molar-refractivity contribution < 1.29 is 14.7 Å². The largest absolute Gasteiger partial charge is 0.476 e. The normalized spacial score (nSPS) is 10.2. The van der Waals surface area contributed by atoms with Crippen molar-refractivity contribution in [1.82, 2.24) is 9.97 Å². The van der Waals surface area contributed by atoms with Gasteiger partial charge in [0.1, 0.15) is 0 Å². The van der Waals surface area contributed by atoms with E-state index in [1.54, 1.807) is 6.92 Å². The van der Waals surface area contributed by atoms with Gasteiger partial charge in [-0.25, -0.2) is 14.8 Å². The second kappa shape index (κ2) is 4.85. The molecule has 6 nitrogen and oxygen atoms in total. The van der Waals surface area contributed by atoms with Crippen LogP contribution >= 0.6 is 0 Å². The number of aromatic nitrogens is 2. The van der Waals surface area contributed by atoms with Gasteiger partial charge in [-0.05, 0) is 13.0 Å². The quantitative estimate of drug-likeness (QED) is 0.711. The van der Waals surface area contributed by atoms with Gasteiger partial charge in [-0.15, -0.1) is 0 Å². The topological polar surface area (TPSA) is 92.2 Å². The van der Waals surface area contributed by atoms with Gasteiger partial charge in [0, 0.05) is 12.4 Å². The summed E-state index contributed by atoms with van der Waals surface area (Å²) in [7, 11) is 0. The second-order valence-corrected chi connectivity index (χ2v) is 2.55. The number of carbonyl (C=O) groups is 2. The van der Waals surface area contributed by atoms with E-state index in [1.165, 1.54) is 24.5 Å². The van der Waals surface area contributed by atoms with Gasteiger partial charge in [0.15, 0.2) is 11.5 Å². The number of hydrogen-bond donors (Lipinski definition) is 2. The van der Waals surface area contributed by atoms with Crippen molar-refractivity contribution in [2.24, 2.45) is 0 Å². The van der Waals surface area contributed by atoms with Gasteiger partial charge in [0.25, 0.3) is 0 Å².